The molecule has 0 radical (unpaired) electrons. The Morgan fingerprint density at radius 3 is 1.29 bits per heavy atom. The van der Waals surface area contributed by atoms with E-state index in [1.54, 1.807) is 94.9 Å². The molecule has 3 aliphatic rings. The first-order valence-electron chi connectivity index (χ1n) is 28.9. The van der Waals surface area contributed by atoms with Gasteiger partial charge in [0.25, 0.3) is 17.7 Å². The van der Waals surface area contributed by atoms with Crippen molar-refractivity contribution in [2.24, 2.45) is 21.1 Å². The third-order valence-electron chi connectivity index (χ3n) is 16.3. The van der Waals surface area contributed by atoms with Gasteiger partial charge in [-0.15, -0.1) is 0 Å². The van der Waals surface area contributed by atoms with Crippen LogP contribution in [-0.2, 0) is 35.5 Å². The third kappa shape index (κ3) is 12.8. The summed E-state index contributed by atoms with van der Waals surface area (Å²) in [4.78, 5) is 78.1. The number of nitrogens with zero attached hydrogens (tertiary/aromatic N) is 6. The molecule has 0 spiro atoms. The lowest BCUT2D eigenvalue weighted by atomic mass is 9.81. The van der Waals surface area contributed by atoms with Crippen LogP contribution in [0.25, 0.3) is 0 Å². The summed E-state index contributed by atoms with van der Waals surface area (Å²) in [7, 11) is 8.37. The number of aryl methyl sites for hydroxylation is 9. The largest absolute Gasteiger partial charge is 0.493 e. The molecule has 0 aliphatic carbocycles. The van der Waals surface area contributed by atoms with Crippen molar-refractivity contribution in [1.29, 1.82) is 0 Å². The molecule has 22 heteroatoms. The first-order chi connectivity index (χ1) is 43.0. The highest BCUT2D eigenvalue weighted by molar-refractivity contribution is 6.42. The first kappa shape index (κ1) is 63.0. The fourth-order valence-electron chi connectivity index (χ4n) is 12.0. The number of anilines is 3. The topological polar surface area (TPSA) is 247 Å². The number of aromatic nitrogens is 6. The second-order valence-electron chi connectivity index (χ2n) is 22.5. The molecule has 6 N–H and O–H groups in total. The molecule has 12 rings (SSSR count). The van der Waals surface area contributed by atoms with E-state index in [2.05, 4.69) is 53.3 Å². The minimum atomic E-state index is -0.918. The molecule has 3 aliphatic heterocycles. The molecular formula is C68H68Cl2N12O8. The molecule has 0 saturated heterocycles. The van der Waals surface area contributed by atoms with Crippen LogP contribution in [0.3, 0.4) is 0 Å². The van der Waals surface area contributed by atoms with Crippen molar-refractivity contribution in [1.82, 2.24) is 45.3 Å². The number of hydrogen-bond donors (Lipinski definition) is 6. The normalized spacial score (nSPS) is 17.9. The van der Waals surface area contributed by atoms with Gasteiger partial charge in [0.2, 0.25) is 17.7 Å². The second kappa shape index (κ2) is 26.3. The van der Waals surface area contributed by atoms with Crippen molar-refractivity contribution < 1.29 is 38.2 Å². The number of benzene rings is 6. The number of amides is 6. The maximum atomic E-state index is 13.2. The lowest BCUT2D eigenvalue weighted by Gasteiger charge is -2.32. The van der Waals surface area contributed by atoms with Crippen LogP contribution in [0.15, 0.2) is 140 Å². The number of fused-ring (bicyclic) bond motifs is 3. The summed E-state index contributed by atoms with van der Waals surface area (Å²) in [6.45, 7) is 11.7. The SMILES string of the molecule is COc1ccc(C(=O)N[C@@H]2C(=O)Nc3c(c(C)nn3C)[C@H]2c2ccc(Cl)c(Cl)c2)cc1OC.Cc1ccc([C@@H]2c3c(C)nn(C)c3NC(=O)[C@H]2NC(=O)c2ccccc2)cc1.Cc1cccc(C(=O)N[C@@H]2C(=O)Nc3c(c(C)nn3C)[C@H]2c2cccc(C)c2)c1. The minimum absolute atomic E-state index is 0.243. The summed E-state index contributed by atoms with van der Waals surface area (Å²) in [5, 5.41) is 31.7. The highest BCUT2D eigenvalue weighted by Crippen LogP contribution is 2.43. The zero-order chi connectivity index (χ0) is 64.4. The molecule has 0 unspecified atom stereocenters. The van der Waals surface area contributed by atoms with Crippen LogP contribution in [-0.4, -0.2) is 97.1 Å². The lowest BCUT2D eigenvalue weighted by molar-refractivity contribution is -0.119. The highest BCUT2D eigenvalue weighted by atomic mass is 35.5. The Balaban J connectivity index is 0.000000149. The molecule has 0 fully saturated rings. The van der Waals surface area contributed by atoms with E-state index in [0.717, 1.165) is 67.2 Å². The van der Waals surface area contributed by atoms with Gasteiger partial charge in [-0.3, -0.25) is 42.8 Å². The maximum Gasteiger partial charge on any atom is 0.252 e. The number of ether oxygens (including phenoxy) is 2. The Kier molecular flexibility index (Phi) is 18.4. The van der Waals surface area contributed by atoms with Crippen molar-refractivity contribution in [3.05, 3.63) is 233 Å². The quantitative estimate of drug-likeness (QED) is 0.0711. The van der Waals surface area contributed by atoms with Crippen LogP contribution >= 0.6 is 23.2 Å². The van der Waals surface area contributed by atoms with Gasteiger partial charge in [0.05, 0.1) is 41.3 Å². The molecule has 462 valence electrons. The van der Waals surface area contributed by atoms with Crippen LogP contribution in [0.1, 0.15) is 116 Å². The average Bonchev–Trinajstić information content (AvgIpc) is 1.54. The lowest BCUT2D eigenvalue weighted by Crippen LogP contribution is -2.50. The molecule has 0 saturated carbocycles. The average molecular weight is 1250 g/mol. The Bertz CT molecular complexity index is 4270. The smallest absolute Gasteiger partial charge is 0.252 e. The number of halogens is 2. The number of carbonyl (C=O) groups is 6. The number of methoxy groups -OCH3 is 2. The first-order valence-corrected chi connectivity index (χ1v) is 29.7. The predicted octanol–water partition coefficient (Wildman–Crippen LogP) is 10.1. The fourth-order valence-corrected chi connectivity index (χ4v) is 12.3. The van der Waals surface area contributed by atoms with Crippen molar-refractivity contribution in [2.45, 2.75) is 77.4 Å². The highest BCUT2D eigenvalue weighted by Gasteiger charge is 2.44. The van der Waals surface area contributed by atoms with Crippen molar-refractivity contribution in [2.75, 3.05) is 30.2 Å². The summed E-state index contributed by atoms with van der Waals surface area (Å²) < 4.78 is 15.5. The van der Waals surface area contributed by atoms with Crippen LogP contribution in [0, 0.1) is 41.5 Å². The van der Waals surface area contributed by atoms with Gasteiger partial charge in [0.1, 0.15) is 35.6 Å². The Morgan fingerprint density at radius 2 is 0.833 bits per heavy atom. The van der Waals surface area contributed by atoms with Gasteiger partial charge in [0, 0.05) is 72.3 Å². The van der Waals surface area contributed by atoms with Crippen LogP contribution in [0.4, 0.5) is 17.5 Å². The summed E-state index contributed by atoms with van der Waals surface area (Å²) in [5.74, 6) is -0.158. The molecule has 3 aromatic heterocycles. The van der Waals surface area contributed by atoms with E-state index in [9.17, 15) is 28.8 Å². The molecule has 6 atom stereocenters. The van der Waals surface area contributed by atoms with Crippen molar-refractivity contribution >= 4 is 76.1 Å². The zero-order valence-corrected chi connectivity index (χ0v) is 53.0. The summed E-state index contributed by atoms with van der Waals surface area (Å²) in [6, 6.07) is 40.0. The standard InChI is InChI=1S/C23H22Cl2N4O4.C23H24N4O2.C22H22N4O2/c1-11-18-19(12-5-7-14(24)15(25)9-12)20(23(31)27-21(18)29(2)28-11)26-22(30)13-6-8-16(32-3)17(10-13)33-4;1-13-7-5-9-16(11-13)19-18-15(3)26-27(4)21(18)25-23(29)20(19)24-22(28)17-10-6-8-14(2)12-17;1-13-9-11-15(12-10-13)18-17-14(2)25-26(3)20(17)24-22(28)19(18)23-21(27)16-7-5-4-6-8-16/h5-10,19-20H,1-4H3,(H,26,30)(H,27,31);5-12,19-20H,1-4H3,(H,24,28)(H,25,29);4-12,18-19H,1-3H3,(H,23,27)(H,24,28)/t2*19-,20+;18-,19+/m111/s1. The van der Waals surface area contributed by atoms with E-state index in [1.807, 2.05) is 115 Å². The second-order valence-corrected chi connectivity index (χ2v) is 23.3. The van der Waals surface area contributed by atoms with Gasteiger partial charge in [-0.05, 0) is 113 Å². The Morgan fingerprint density at radius 1 is 0.422 bits per heavy atom. The van der Waals surface area contributed by atoms with E-state index in [4.69, 9.17) is 32.7 Å². The van der Waals surface area contributed by atoms with Gasteiger partial charge in [-0.2, -0.15) is 15.3 Å². The van der Waals surface area contributed by atoms with Crippen LogP contribution in [0.5, 0.6) is 11.5 Å². The van der Waals surface area contributed by atoms with Crippen LogP contribution < -0.4 is 41.4 Å². The monoisotopic (exact) mass is 1250 g/mol. The third-order valence-corrected chi connectivity index (χ3v) is 17.0. The van der Waals surface area contributed by atoms with E-state index in [1.165, 1.54) is 14.2 Å². The molecular weight excluding hydrogens is 1180 g/mol. The van der Waals surface area contributed by atoms with E-state index in [-0.39, 0.29) is 41.4 Å². The molecule has 6 amide bonds. The number of carbonyl (C=O) groups excluding carboxylic acids is 6. The molecule has 9 aromatic rings. The van der Waals surface area contributed by atoms with E-state index >= 15 is 0 Å². The van der Waals surface area contributed by atoms with Gasteiger partial charge in [-0.25, -0.2) is 0 Å². The van der Waals surface area contributed by atoms with Gasteiger partial charge < -0.3 is 41.4 Å². The Hall–Kier alpha value is -10.1. The van der Waals surface area contributed by atoms with Crippen LogP contribution in [0.2, 0.25) is 10.0 Å². The summed E-state index contributed by atoms with van der Waals surface area (Å²) in [6.07, 6.45) is 0. The minimum Gasteiger partial charge on any atom is -0.493 e. The molecule has 6 aromatic carbocycles. The van der Waals surface area contributed by atoms with E-state index < -0.39 is 30.0 Å². The van der Waals surface area contributed by atoms with Crippen molar-refractivity contribution in [3.8, 4) is 11.5 Å². The van der Waals surface area contributed by atoms with Gasteiger partial charge in [-0.1, -0.05) is 125 Å². The molecule has 6 heterocycles. The number of nitrogens with one attached hydrogen (secondary N) is 6. The summed E-state index contributed by atoms with van der Waals surface area (Å²) >= 11 is 12.4. The van der Waals surface area contributed by atoms with E-state index in [0.29, 0.717) is 55.7 Å². The maximum absolute atomic E-state index is 13.2. The number of rotatable bonds is 11. The predicted molar refractivity (Wildman–Crippen MR) is 345 cm³/mol. The Labute approximate surface area is 530 Å². The number of hydrogen-bond acceptors (Lipinski definition) is 11. The van der Waals surface area contributed by atoms with Gasteiger partial charge >= 0.3 is 0 Å². The van der Waals surface area contributed by atoms with Gasteiger partial charge in [0.15, 0.2) is 11.5 Å². The zero-order valence-electron chi connectivity index (χ0n) is 51.4. The summed E-state index contributed by atoms with van der Waals surface area (Å²) in [5.41, 5.74) is 12.4. The van der Waals surface area contributed by atoms with Crippen molar-refractivity contribution in [3.63, 3.8) is 0 Å². The fraction of sp³-hybridized carbons (Fsp3) is 0.250. The molecule has 90 heavy (non-hydrogen) atoms. The molecule has 0 bridgehead atoms. The molecule has 20 nitrogen and oxygen atoms in total.